The first-order chi connectivity index (χ1) is 8.19. The van der Waals surface area contributed by atoms with Crippen molar-refractivity contribution in [2.45, 2.75) is 25.9 Å². The van der Waals surface area contributed by atoms with Crippen LogP contribution in [0.1, 0.15) is 18.9 Å². The molecular weight excluding hydrogens is 212 g/mol. The standard InChI is InChI=1S/C14H22N2O/c1-11-9-16(8-7-14(11)15-2)10-12-3-5-13(17)6-4-12/h3-6,11,14-15,17H,7-10H2,1-2H3. The molecule has 1 aliphatic rings. The van der Waals surface area contributed by atoms with E-state index in [4.69, 9.17) is 0 Å². The second kappa shape index (κ2) is 5.52. The van der Waals surface area contributed by atoms with E-state index in [0.29, 0.717) is 17.7 Å². The fourth-order valence-electron chi connectivity index (χ4n) is 2.66. The Morgan fingerprint density at radius 1 is 1.35 bits per heavy atom. The third-order valence-corrected chi connectivity index (χ3v) is 3.70. The molecule has 1 saturated heterocycles. The van der Waals surface area contributed by atoms with Crippen molar-refractivity contribution in [2.24, 2.45) is 5.92 Å². The molecular formula is C14H22N2O. The smallest absolute Gasteiger partial charge is 0.115 e. The number of phenols is 1. The number of piperidine rings is 1. The minimum atomic E-state index is 0.344. The van der Waals surface area contributed by atoms with Crippen LogP contribution in [0, 0.1) is 5.92 Å². The minimum absolute atomic E-state index is 0.344. The van der Waals surface area contributed by atoms with Crippen molar-refractivity contribution < 1.29 is 5.11 Å². The zero-order valence-electron chi connectivity index (χ0n) is 10.7. The molecule has 1 aliphatic heterocycles. The number of likely N-dealkylation sites (tertiary alicyclic amines) is 1. The molecule has 0 saturated carbocycles. The summed E-state index contributed by atoms with van der Waals surface area (Å²) in [5.74, 6) is 1.04. The van der Waals surface area contributed by atoms with Crippen LogP contribution in [0.25, 0.3) is 0 Å². The van der Waals surface area contributed by atoms with Gasteiger partial charge in [-0.2, -0.15) is 0 Å². The predicted octanol–water partition coefficient (Wildman–Crippen LogP) is 1.82. The van der Waals surface area contributed by atoms with Crippen LogP contribution in [0.4, 0.5) is 0 Å². The first-order valence-corrected chi connectivity index (χ1v) is 6.36. The Balaban J connectivity index is 1.90. The van der Waals surface area contributed by atoms with Crippen LogP contribution >= 0.6 is 0 Å². The van der Waals surface area contributed by atoms with Crippen molar-refractivity contribution in [3.05, 3.63) is 29.8 Å². The first kappa shape index (κ1) is 12.4. The number of nitrogens with zero attached hydrogens (tertiary/aromatic N) is 1. The van der Waals surface area contributed by atoms with Crippen LogP contribution in [-0.4, -0.2) is 36.2 Å². The summed E-state index contributed by atoms with van der Waals surface area (Å²) in [6.07, 6.45) is 1.22. The molecule has 2 atom stereocenters. The molecule has 0 radical (unpaired) electrons. The Hall–Kier alpha value is -1.06. The first-order valence-electron chi connectivity index (χ1n) is 6.36. The van der Waals surface area contributed by atoms with Gasteiger partial charge in [-0.1, -0.05) is 19.1 Å². The van der Waals surface area contributed by atoms with Gasteiger partial charge in [0.05, 0.1) is 0 Å². The molecule has 2 rings (SSSR count). The number of rotatable bonds is 3. The van der Waals surface area contributed by atoms with E-state index in [1.54, 1.807) is 12.1 Å². The molecule has 1 aromatic rings. The molecule has 0 aromatic heterocycles. The molecule has 0 aliphatic carbocycles. The monoisotopic (exact) mass is 234 g/mol. The Morgan fingerprint density at radius 2 is 2.06 bits per heavy atom. The Kier molecular flexibility index (Phi) is 4.02. The van der Waals surface area contributed by atoms with E-state index in [1.807, 2.05) is 12.1 Å². The van der Waals surface area contributed by atoms with Gasteiger partial charge in [-0.15, -0.1) is 0 Å². The summed E-state index contributed by atoms with van der Waals surface area (Å²) in [5.41, 5.74) is 1.28. The number of hydrogen-bond acceptors (Lipinski definition) is 3. The number of phenolic OH excluding ortho intramolecular Hbond substituents is 1. The van der Waals surface area contributed by atoms with Gasteiger partial charge in [0.1, 0.15) is 5.75 Å². The van der Waals surface area contributed by atoms with Gasteiger partial charge < -0.3 is 10.4 Å². The molecule has 17 heavy (non-hydrogen) atoms. The van der Waals surface area contributed by atoms with Crippen molar-refractivity contribution in [3.8, 4) is 5.75 Å². The highest BCUT2D eigenvalue weighted by molar-refractivity contribution is 5.25. The van der Waals surface area contributed by atoms with Crippen LogP contribution in [0.15, 0.2) is 24.3 Å². The van der Waals surface area contributed by atoms with Gasteiger partial charge in [0.15, 0.2) is 0 Å². The summed E-state index contributed by atoms with van der Waals surface area (Å²) in [6.45, 7) is 5.59. The third kappa shape index (κ3) is 3.20. The summed E-state index contributed by atoms with van der Waals surface area (Å²) in [6, 6.07) is 8.19. The van der Waals surface area contributed by atoms with Crippen LogP contribution < -0.4 is 5.32 Å². The SMILES string of the molecule is CNC1CCN(Cc2ccc(O)cc2)CC1C. The van der Waals surface area contributed by atoms with Gasteiger partial charge in [-0.3, -0.25) is 4.90 Å². The summed E-state index contributed by atoms with van der Waals surface area (Å²) in [4.78, 5) is 2.49. The lowest BCUT2D eigenvalue weighted by atomic mass is 9.94. The zero-order chi connectivity index (χ0) is 12.3. The number of nitrogens with one attached hydrogen (secondary N) is 1. The molecule has 2 unspecified atom stereocenters. The molecule has 2 N–H and O–H groups in total. The number of hydrogen-bond donors (Lipinski definition) is 2. The molecule has 1 aromatic carbocycles. The topological polar surface area (TPSA) is 35.5 Å². The van der Waals surface area contributed by atoms with E-state index < -0.39 is 0 Å². The highest BCUT2D eigenvalue weighted by Crippen LogP contribution is 2.19. The van der Waals surface area contributed by atoms with Crippen LogP contribution in [0.2, 0.25) is 0 Å². The Bertz CT molecular complexity index is 350. The van der Waals surface area contributed by atoms with Gasteiger partial charge in [-0.05, 0) is 43.6 Å². The van der Waals surface area contributed by atoms with Crippen molar-refractivity contribution in [2.75, 3.05) is 20.1 Å². The number of benzene rings is 1. The fraction of sp³-hybridized carbons (Fsp3) is 0.571. The zero-order valence-corrected chi connectivity index (χ0v) is 10.7. The predicted molar refractivity (Wildman–Crippen MR) is 70.0 cm³/mol. The van der Waals surface area contributed by atoms with Gasteiger partial charge in [-0.25, -0.2) is 0 Å². The van der Waals surface area contributed by atoms with E-state index >= 15 is 0 Å². The number of aromatic hydroxyl groups is 1. The molecule has 0 spiro atoms. The molecule has 94 valence electrons. The maximum atomic E-state index is 9.25. The largest absolute Gasteiger partial charge is 0.508 e. The van der Waals surface area contributed by atoms with Crippen molar-refractivity contribution in [3.63, 3.8) is 0 Å². The Morgan fingerprint density at radius 3 is 2.65 bits per heavy atom. The average molecular weight is 234 g/mol. The summed E-state index contributed by atoms with van der Waals surface area (Å²) < 4.78 is 0. The average Bonchev–Trinajstić information content (AvgIpc) is 2.32. The fourth-order valence-corrected chi connectivity index (χ4v) is 2.66. The summed E-state index contributed by atoms with van der Waals surface area (Å²) in [7, 11) is 2.05. The highest BCUT2D eigenvalue weighted by atomic mass is 16.3. The molecule has 0 amide bonds. The van der Waals surface area contributed by atoms with Crippen molar-refractivity contribution >= 4 is 0 Å². The molecule has 0 bridgehead atoms. The van der Waals surface area contributed by atoms with Gasteiger partial charge in [0, 0.05) is 19.1 Å². The third-order valence-electron chi connectivity index (χ3n) is 3.70. The van der Waals surface area contributed by atoms with E-state index in [9.17, 15) is 5.11 Å². The maximum absolute atomic E-state index is 9.25. The lowest BCUT2D eigenvalue weighted by Gasteiger charge is -2.36. The highest BCUT2D eigenvalue weighted by Gasteiger charge is 2.24. The second-order valence-electron chi connectivity index (χ2n) is 5.06. The summed E-state index contributed by atoms with van der Waals surface area (Å²) in [5, 5.41) is 12.6. The van der Waals surface area contributed by atoms with Crippen LogP contribution in [-0.2, 0) is 6.54 Å². The van der Waals surface area contributed by atoms with E-state index in [0.717, 1.165) is 19.6 Å². The molecule has 1 heterocycles. The maximum Gasteiger partial charge on any atom is 0.115 e. The molecule has 1 fully saturated rings. The Labute approximate surface area is 103 Å². The normalized spacial score (nSPS) is 26.0. The lowest BCUT2D eigenvalue weighted by molar-refractivity contribution is 0.145. The quantitative estimate of drug-likeness (QED) is 0.837. The van der Waals surface area contributed by atoms with E-state index in [1.165, 1.54) is 12.0 Å². The molecule has 3 nitrogen and oxygen atoms in total. The lowest BCUT2D eigenvalue weighted by Crippen LogP contribution is -2.46. The summed E-state index contributed by atoms with van der Waals surface area (Å²) >= 11 is 0. The van der Waals surface area contributed by atoms with E-state index in [-0.39, 0.29) is 0 Å². The van der Waals surface area contributed by atoms with Crippen molar-refractivity contribution in [1.82, 2.24) is 10.2 Å². The minimum Gasteiger partial charge on any atom is -0.508 e. The van der Waals surface area contributed by atoms with Crippen LogP contribution in [0.5, 0.6) is 5.75 Å². The van der Waals surface area contributed by atoms with Gasteiger partial charge in [0.2, 0.25) is 0 Å². The van der Waals surface area contributed by atoms with Crippen molar-refractivity contribution in [1.29, 1.82) is 0 Å². The van der Waals surface area contributed by atoms with Crippen LogP contribution in [0.3, 0.4) is 0 Å². The van der Waals surface area contributed by atoms with E-state index in [2.05, 4.69) is 24.2 Å². The second-order valence-corrected chi connectivity index (χ2v) is 5.06. The molecule has 3 heteroatoms. The van der Waals surface area contributed by atoms with Gasteiger partial charge in [0.25, 0.3) is 0 Å². The van der Waals surface area contributed by atoms with Gasteiger partial charge >= 0.3 is 0 Å².